The Kier molecular flexibility index (Phi) is 4.60. The Morgan fingerprint density at radius 1 is 1.33 bits per heavy atom. The number of carbonyl (C=O) groups is 2. The monoisotopic (exact) mass is 351 g/mol. The number of nitrogens with one attached hydrogen (secondary N) is 2. The van der Waals surface area contributed by atoms with Crippen molar-refractivity contribution >= 4 is 27.5 Å². The van der Waals surface area contributed by atoms with Crippen LogP contribution in [0.1, 0.15) is 31.7 Å². The molecule has 0 saturated carbocycles. The summed E-state index contributed by atoms with van der Waals surface area (Å²) in [7, 11) is -3.78. The van der Waals surface area contributed by atoms with E-state index < -0.39 is 16.1 Å². The molecule has 2 heterocycles. The van der Waals surface area contributed by atoms with Crippen LogP contribution in [0.25, 0.3) is 0 Å². The lowest BCUT2D eigenvalue weighted by Crippen LogP contribution is -2.45. The van der Waals surface area contributed by atoms with E-state index in [2.05, 4.69) is 10.0 Å². The fraction of sp³-hybridized carbons (Fsp3) is 0.500. The minimum Gasteiger partial charge on any atom is -0.355 e. The summed E-state index contributed by atoms with van der Waals surface area (Å²) in [4.78, 5) is 25.3. The molecule has 24 heavy (non-hydrogen) atoms. The highest BCUT2D eigenvalue weighted by molar-refractivity contribution is 7.89. The van der Waals surface area contributed by atoms with Gasteiger partial charge in [-0.1, -0.05) is 0 Å². The normalized spacial score (nSPS) is 21.1. The molecule has 1 atom stereocenters. The van der Waals surface area contributed by atoms with Gasteiger partial charge in [0.25, 0.3) is 0 Å². The van der Waals surface area contributed by atoms with Crippen molar-refractivity contribution in [3.8, 4) is 0 Å². The zero-order chi connectivity index (χ0) is 17.3. The molecule has 2 aliphatic heterocycles. The maximum Gasteiger partial charge on any atom is 0.241 e. The van der Waals surface area contributed by atoms with E-state index in [1.807, 2.05) is 0 Å². The quantitative estimate of drug-likeness (QED) is 0.831. The predicted octanol–water partition coefficient (Wildman–Crippen LogP) is 0.543. The number of hydrogen-bond donors (Lipinski definition) is 2. The second kappa shape index (κ2) is 6.52. The Morgan fingerprint density at radius 2 is 2.12 bits per heavy atom. The van der Waals surface area contributed by atoms with Crippen molar-refractivity contribution in [3.05, 3.63) is 23.8 Å². The van der Waals surface area contributed by atoms with Crippen molar-refractivity contribution in [2.45, 2.75) is 43.5 Å². The van der Waals surface area contributed by atoms with E-state index in [0.29, 0.717) is 25.9 Å². The van der Waals surface area contributed by atoms with Crippen LogP contribution in [0, 0.1) is 0 Å². The van der Waals surface area contributed by atoms with E-state index >= 15 is 0 Å². The van der Waals surface area contributed by atoms with E-state index in [1.165, 1.54) is 13.0 Å². The molecule has 1 saturated heterocycles. The summed E-state index contributed by atoms with van der Waals surface area (Å²) in [6.45, 7) is 2.63. The molecular weight excluding hydrogens is 330 g/mol. The molecule has 1 aromatic rings. The predicted molar refractivity (Wildman–Crippen MR) is 89.1 cm³/mol. The average Bonchev–Trinajstić information content (AvgIpc) is 2.86. The summed E-state index contributed by atoms with van der Waals surface area (Å²) in [6.07, 6.45) is 2.77. The van der Waals surface area contributed by atoms with Crippen LogP contribution in [0.15, 0.2) is 23.1 Å². The highest BCUT2D eigenvalue weighted by atomic mass is 32.2. The van der Waals surface area contributed by atoms with Gasteiger partial charge in [0.2, 0.25) is 21.8 Å². The molecule has 0 bridgehead atoms. The molecule has 0 radical (unpaired) electrons. The molecule has 0 aromatic heterocycles. The van der Waals surface area contributed by atoms with Gasteiger partial charge in [-0.15, -0.1) is 0 Å². The van der Waals surface area contributed by atoms with Gasteiger partial charge < -0.3 is 10.2 Å². The molecule has 8 heteroatoms. The number of carbonyl (C=O) groups excluding carboxylic acids is 2. The summed E-state index contributed by atoms with van der Waals surface area (Å²) >= 11 is 0. The SMILES string of the molecule is CC(=O)N1CCc2cc(S(=O)(=O)NC3CCCCNC3=O)ccc21. The minimum atomic E-state index is -3.78. The number of anilines is 1. The molecule has 130 valence electrons. The first-order valence-electron chi connectivity index (χ1n) is 8.09. The number of fused-ring (bicyclic) bond motifs is 1. The second-order valence-corrected chi connectivity index (χ2v) is 7.89. The molecule has 1 aromatic carbocycles. The summed E-state index contributed by atoms with van der Waals surface area (Å²) < 4.78 is 27.7. The smallest absolute Gasteiger partial charge is 0.241 e. The molecule has 2 aliphatic rings. The maximum absolute atomic E-state index is 12.6. The first-order chi connectivity index (χ1) is 11.4. The van der Waals surface area contributed by atoms with E-state index in [9.17, 15) is 18.0 Å². The number of amides is 2. The van der Waals surface area contributed by atoms with Gasteiger partial charge in [-0.25, -0.2) is 8.42 Å². The van der Waals surface area contributed by atoms with Crippen molar-refractivity contribution in [3.63, 3.8) is 0 Å². The Labute approximate surface area is 141 Å². The highest BCUT2D eigenvalue weighted by Gasteiger charge is 2.29. The molecule has 2 amide bonds. The highest BCUT2D eigenvalue weighted by Crippen LogP contribution is 2.30. The van der Waals surface area contributed by atoms with E-state index in [-0.39, 0.29) is 16.7 Å². The van der Waals surface area contributed by atoms with Crippen molar-refractivity contribution in [1.29, 1.82) is 0 Å². The lowest BCUT2D eigenvalue weighted by molar-refractivity contribution is -0.122. The van der Waals surface area contributed by atoms with Gasteiger partial charge >= 0.3 is 0 Å². The molecule has 1 unspecified atom stereocenters. The van der Waals surface area contributed by atoms with Crippen molar-refractivity contribution in [1.82, 2.24) is 10.0 Å². The Hall–Kier alpha value is -1.93. The summed E-state index contributed by atoms with van der Waals surface area (Å²) in [5, 5.41) is 2.72. The lowest BCUT2D eigenvalue weighted by Gasteiger charge is -2.17. The fourth-order valence-electron chi connectivity index (χ4n) is 3.18. The molecule has 1 fully saturated rings. The van der Waals surface area contributed by atoms with Crippen LogP contribution in [0.5, 0.6) is 0 Å². The van der Waals surface area contributed by atoms with Crippen LogP contribution in [-0.2, 0) is 26.0 Å². The largest absolute Gasteiger partial charge is 0.355 e. The van der Waals surface area contributed by atoms with Crippen molar-refractivity contribution < 1.29 is 18.0 Å². The van der Waals surface area contributed by atoms with Crippen molar-refractivity contribution in [2.75, 3.05) is 18.0 Å². The second-order valence-electron chi connectivity index (χ2n) is 6.17. The van der Waals surface area contributed by atoms with E-state index in [0.717, 1.165) is 24.1 Å². The standard InChI is InChI=1S/C16H21N3O4S/c1-11(20)19-9-7-12-10-13(5-6-15(12)19)24(22,23)18-14-4-2-3-8-17-16(14)21/h5-6,10,14,18H,2-4,7-9H2,1H3,(H,17,21). The summed E-state index contributed by atoms with van der Waals surface area (Å²) in [6, 6.07) is 4.00. The topological polar surface area (TPSA) is 95.6 Å². The first-order valence-corrected chi connectivity index (χ1v) is 9.58. The van der Waals surface area contributed by atoms with Gasteiger partial charge in [-0.3, -0.25) is 9.59 Å². The number of nitrogens with zero attached hydrogens (tertiary/aromatic N) is 1. The van der Waals surface area contributed by atoms with Crippen LogP contribution in [-0.4, -0.2) is 39.4 Å². The summed E-state index contributed by atoms with van der Waals surface area (Å²) in [5.74, 6) is -0.336. The van der Waals surface area contributed by atoms with Crippen molar-refractivity contribution in [2.24, 2.45) is 0 Å². The Morgan fingerprint density at radius 3 is 2.88 bits per heavy atom. The molecule has 2 N–H and O–H groups in total. The third kappa shape index (κ3) is 3.29. The summed E-state index contributed by atoms with van der Waals surface area (Å²) in [5.41, 5.74) is 1.59. The molecule has 7 nitrogen and oxygen atoms in total. The Bertz CT molecular complexity index is 776. The lowest BCUT2D eigenvalue weighted by atomic mass is 10.1. The van der Waals surface area contributed by atoms with Gasteiger partial charge in [0.1, 0.15) is 6.04 Å². The third-order valence-electron chi connectivity index (χ3n) is 4.47. The average molecular weight is 351 g/mol. The van der Waals surface area contributed by atoms with Gasteiger partial charge in [-0.2, -0.15) is 4.72 Å². The molecule has 3 rings (SSSR count). The van der Waals surface area contributed by atoms with Gasteiger partial charge in [0.15, 0.2) is 0 Å². The zero-order valence-corrected chi connectivity index (χ0v) is 14.4. The van der Waals surface area contributed by atoms with E-state index in [1.54, 1.807) is 17.0 Å². The number of rotatable bonds is 3. The Balaban J connectivity index is 1.83. The number of benzene rings is 1. The van der Waals surface area contributed by atoms with E-state index in [4.69, 9.17) is 0 Å². The molecule has 0 spiro atoms. The van der Waals surface area contributed by atoms with Crippen LogP contribution in [0.3, 0.4) is 0 Å². The van der Waals surface area contributed by atoms with Crippen LogP contribution >= 0.6 is 0 Å². The van der Waals surface area contributed by atoms with Gasteiger partial charge in [0, 0.05) is 25.7 Å². The van der Waals surface area contributed by atoms with Gasteiger partial charge in [0.05, 0.1) is 4.90 Å². The fourth-order valence-corrected chi connectivity index (χ4v) is 4.46. The minimum absolute atomic E-state index is 0.0578. The van der Waals surface area contributed by atoms with Gasteiger partial charge in [-0.05, 0) is 49.4 Å². The zero-order valence-electron chi connectivity index (χ0n) is 13.5. The number of sulfonamides is 1. The molecular formula is C16H21N3O4S. The van der Waals surface area contributed by atoms with Crippen LogP contribution in [0.2, 0.25) is 0 Å². The van der Waals surface area contributed by atoms with Crippen LogP contribution in [0.4, 0.5) is 5.69 Å². The van der Waals surface area contributed by atoms with Crippen LogP contribution < -0.4 is 14.9 Å². The third-order valence-corrected chi connectivity index (χ3v) is 5.94. The molecule has 0 aliphatic carbocycles. The first kappa shape index (κ1) is 16.9. The maximum atomic E-state index is 12.6. The number of hydrogen-bond acceptors (Lipinski definition) is 4.